The average Bonchev–Trinajstić information content (AvgIpc) is 2.13. The highest BCUT2D eigenvalue weighted by atomic mass is 16.2. The molecule has 88 valence electrons. The third kappa shape index (κ3) is 6.76. The molecule has 0 saturated carbocycles. The number of amides is 1. The monoisotopic (exact) mass is 214 g/mol. The summed E-state index contributed by atoms with van der Waals surface area (Å²) in [5.41, 5.74) is 5.59. The van der Waals surface area contributed by atoms with Gasteiger partial charge in [0.15, 0.2) is 5.96 Å². The molecule has 0 aromatic carbocycles. The van der Waals surface area contributed by atoms with E-state index in [0.717, 1.165) is 6.42 Å². The van der Waals surface area contributed by atoms with Crippen LogP contribution < -0.4 is 16.4 Å². The summed E-state index contributed by atoms with van der Waals surface area (Å²) in [6.45, 7) is 8.29. The Balaban J connectivity index is 4.01. The van der Waals surface area contributed by atoms with Crippen LogP contribution in [-0.2, 0) is 4.79 Å². The van der Waals surface area contributed by atoms with Crippen LogP contribution in [0.1, 0.15) is 34.1 Å². The van der Waals surface area contributed by atoms with Crippen molar-refractivity contribution in [2.24, 2.45) is 10.7 Å². The van der Waals surface area contributed by atoms with E-state index in [1.165, 1.54) is 0 Å². The van der Waals surface area contributed by atoms with Crippen molar-refractivity contribution in [3.63, 3.8) is 0 Å². The van der Waals surface area contributed by atoms with Gasteiger partial charge in [0.05, 0.1) is 0 Å². The third-order valence-electron chi connectivity index (χ3n) is 1.69. The molecule has 0 saturated heterocycles. The predicted molar refractivity (Wildman–Crippen MR) is 62.7 cm³/mol. The van der Waals surface area contributed by atoms with Gasteiger partial charge in [0.1, 0.15) is 6.04 Å². The number of hydrogen-bond acceptors (Lipinski definition) is 2. The molecule has 0 rings (SSSR count). The Bertz CT molecular complexity index is 225. The Morgan fingerprint density at radius 2 is 1.93 bits per heavy atom. The van der Waals surface area contributed by atoms with E-state index in [1.54, 1.807) is 6.92 Å². The Hall–Kier alpha value is -1.26. The van der Waals surface area contributed by atoms with Gasteiger partial charge in [0, 0.05) is 12.6 Å². The lowest BCUT2D eigenvalue weighted by molar-refractivity contribution is -0.122. The Morgan fingerprint density at radius 3 is 2.40 bits per heavy atom. The van der Waals surface area contributed by atoms with Crippen molar-refractivity contribution in [3.05, 3.63) is 0 Å². The number of nitrogens with zero attached hydrogens (tertiary/aromatic N) is 1. The molecule has 0 spiro atoms. The van der Waals surface area contributed by atoms with Gasteiger partial charge in [-0.15, -0.1) is 0 Å². The Morgan fingerprint density at radius 1 is 1.33 bits per heavy atom. The number of aliphatic imine (C=N–C) groups is 1. The quantitative estimate of drug-likeness (QED) is 0.452. The van der Waals surface area contributed by atoms with Crippen LogP contribution in [0.25, 0.3) is 0 Å². The number of guanidine groups is 1. The SMILES string of the molecule is CCCN=C(N)NC(C)C(=O)NC(C)C. The maximum absolute atomic E-state index is 11.5. The largest absolute Gasteiger partial charge is 0.370 e. The highest BCUT2D eigenvalue weighted by Crippen LogP contribution is 1.85. The highest BCUT2D eigenvalue weighted by molar-refractivity contribution is 5.88. The summed E-state index contributed by atoms with van der Waals surface area (Å²) in [5, 5.41) is 5.63. The first-order chi connectivity index (χ1) is 6.97. The molecular formula is C10H22N4O. The van der Waals surface area contributed by atoms with E-state index in [1.807, 2.05) is 20.8 Å². The van der Waals surface area contributed by atoms with E-state index in [9.17, 15) is 4.79 Å². The summed E-state index contributed by atoms with van der Waals surface area (Å²) in [6.07, 6.45) is 0.939. The van der Waals surface area contributed by atoms with E-state index >= 15 is 0 Å². The van der Waals surface area contributed by atoms with E-state index in [4.69, 9.17) is 5.73 Å². The van der Waals surface area contributed by atoms with Gasteiger partial charge < -0.3 is 16.4 Å². The molecule has 0 radical (unpaired) electrons. The summed E-state index contributed by atoms with van der Waals surface area (Å²) in [4.78, 5) is 15.5. The van der Waals surface area contributed by atoms with Gasteiger partial charge in [0.2, 0.25) is 5.91 Å². The molecule has 0 heterocycles. The Kier molecular flexibility index (Phi) is 6.49. The minimum atomic E-state index is -0.354. The smallest absolute Gasteiger partial charge is 0.242 e. The van der Waals surface area contributed by atoms with Crippen molar-refractivity contribution < 1.29 is 4.79 Å². The Labute approximate surface area is 91.5 Å². The van der Waals surface area contributed by atoms with Gasteiger partial charge in [0.25, 0.3) is 0 Å². The minimum absolute atomic E-state index is 0.0698. The molecule has 5 nitrogen and oxygen atoms in total. The van der Waals surface area contributed by atoms with Crippen molar-refractivity contribution in [1.29, 1.82) is 0 Å². The second-order valence-electron chi connectivity index (χ2n) is 3.80. The fourth-order valence-electron chi connectivity index (χ4n) is 0.975. The fourth-order valence-corrected chi connectivity index (χ4v) is 0.975. The minimum Gasteiger partial charge on any atom is -0.370 e. The lowest BCUT2D eigenvalue weighted by Gasteiger charge is -2.16. The summed E-state index contributed by atoms with van der Waals surface area (Å²) < 4.78 is 0. The van der Waals surface area contributed by atoms with Crippen LogP contribution in [0, 0.1) is 0 Å². The van der Waals surface area contributed by atoms with Crippen molar-refractivity contribution in [2.45, 2.75) is 46.2 Å². The van der Waals surface area contributed by atoms with Crippen LogP contribution in [0.5, 0.6) is 0 Å². The second-order valence-corrected chi connectivity index (χ2v) is 3.80. The highest BCUT2D eigenvalue weighted by Gasteiger charge is 2.13. The molecule has 0 aromatic heterocycles. The summed E-state index contributed by atoms with van der Waals surface area (Å²) in [7, 11) is 0. The molecule has 15 heavy (non-hydrogen) atoms. The number of carbonyl (C=O) groups is 1. The summed E-state index contributed by atoms with van der Waals surface area (Å²) in [6, 6.07) is -0.219. The standard InChI is InChI=1S/C10H22N4O/c1-5-6-12-10(11)14-8(4)9(15)13-7(2)3/h7-8H,5-6H2,1-4H3,(H,13,15)(H3,11,12,14). The molecular weight excluding hydrogens is 192 g/mol. The van der Waals surface area contributed by atoms with Gasteiger partial charge in [-0.05, 0) is 27.2 Å². The molecule has 4 N–H and O–H groups in total. The van der Waals surface area contributed by atoms with E-state index < -0.39 is 0 Å². The molecule has 0 aliphatic heterocycles. The molecule has 0 aliphatic carbocycles. The van der Waals surface area contributed by atoms with Crippen LogP contribution in [0.15, 0.2) is 4.99 Å². The van der Waals surface area contributed by atoms with Gasteiger partial charge in [-0.3, -0.25) is 9.79 Å². The van der Waals surface area contributed by atoms with E-state index in [0.29, 0.717) is 12.5 Å². The molecule has 0 fully saturated rings. The van der Waals surface area contributed by atoms with Crippen LogP contribution in [0.2, 0.25) is 0 Å². The number of carbonyl (C=O) groups excluding carboxylic acids is 1. The summed E-state index contributed by atoms with van der Waals surface area (Å²) in [5.74, 6) is 0.253. The topological polar surface area (TPSA) is 79.5 Å². The van der Waals surface area contributed by atoms with Gasteiger partial charge in [-0.2, -0.15) is 0 Å². The maximum Gasteiger partial charge on any atom is 0.242 e. The molecule has 1 atom stereocenters. The molecule has 0 aromatic rings. The second kappa shape index (κ2) is 7.09. The molecule has 0 aliphatic rings. The van der Waals surface area contributed by atoms with Gasteiger partial charge in [-0.1, -0.05) is 6.92 Å². The van der Waals surface area contributed by atoms with Crippen molar-refractivity contribution >= 4 is 11.9 Å². The molecule has 1 unspecified atom stereocenters. The van der Waals surface area contributed by atoms with Crippen molar-refractivity contribution in [1.82, 2.24) is 10.6 Å². The number of nitrogens with one attached hydrogen (secondary N) is 2. The van der Waals surface area contributed by atoms with Crippen LogP contribution >= 0.6 is 0 Å². The van der Waals surface area contributed by atoms with Crippen molar-refractivity contribution in [2.75, 3.05) is 6.54 Å². The van der Waals surface area contributed by atoms with Crippen LogP contribution in [0.3, 0.4) is 0 Å². The first-order valence-corrected chi connectivity index (χ1v) is 5.34. The first-order valence-electron chi connectivity index (χ1n) is 5.34. The zero-order valence-electron chi connectivity index (χ0n) is 10.0. The van der Waals surface area contributed by atoms with E-state index in [-0.39, 0.29) is 18.0 Å². The number of nitrogens with two attached hydrogens (primary N) is 1. The normalized spacial score (nSPS) is 13.8. The predicted octanol–water partition coefficient (Wildman–Crippen LogP) is 0.214. The zero-order chi connectivity index (χ0) is 11.8. The van der Waals surface area contributed by atoms with Gasteiger partial charge in [-0.25, -0.2) is 0 Å². The van der Waals surface area contributed by atoms with E-state index in [2.05, 4.69) is 15.6 Å². The molecule has 0 bridgehead atoms. The van der Waals surface area contributed by atoms with Crippen molar-refractivity contribution in [3.8, 4) is 0 Å². The number of hydrogen-bond donors (Lipinski definition) is 3. The average molecular weight is 214 g/mol. The summed E-state index contributed by atoms with van der Waals surface area (Å²) >= 11 is 0. The fraction of sp³-hybridized carbons (Fsp3) is 0.800. The van der Waals surface area contributed by atoms with Gasteiger partial charge >= 0.3 is 0 Å². The van der Waals surface area contributed by atoms with Crippen LogP contribution in [0.4, 0.5) is 0 Å². The first kappa shape index (κ1) is 13.7. The lowest BCUT2D eigenvalue weighted by atomic mass is 10.3. The maximum atomic E-state index is 11.5. The zero-order valence-corrected chi connectivity index (χ0v) is 10.0. The number of rotatable bonds is 5. The lowest BCUT2D eigenvalue weighted by Crippen LogP contribution is -2.49. The third-order valence-corrected chi connectivity index (χ3v) is 1.69. The molecule has 5 heteroatoms. The molecule has 1 amide bonds. The van der Waals surface area contributed by atoms with Crippen LogP contribution in [-0.4, -0.2) is 30.5 Å².